The Labute approximate surface area is 129 Å². The van der Waals surface area contributed by atoms with Gasteiger partial charge in [-0.25, -0.2) is 23.3 Å². The Morgan fingerprint density at radius 3 is 2.77 bits per heavy atom. The van der Waals surface area contributed by atoms with Crippen LogP contribution in [-0.4, -0.2) is 24.4 Å². The van der Waals surface area contributed by atoms with Crippen molar-refractivity contribution in [1.82, 2.24) is 9.97 Å². The van der Waals surface area contributed by atoms with Crippen LogP contribution in [0.25, 0.3) is 10.2 Å². The van der Waals surface area contributed by atoms with E-state index in [1.807, 2.05) is 0 Å². The zero-order valence-corrected chi connectivity index (χ0v) is 12.6. The summed E-state index contributed by atoms with van der Waals surface area (Å²) in [6, 6.07) is 7.84. The van der Waals surface area contributed by atoms with Gasteiger partial charge in [0.25, 0.3) is 10.0 Å². The molecule has 2 N–H and O–H groups in total. The molecule has 3 aromatic rings. The standard InChI is InChI=1S/C13H9N3O4S2/c14-22(18,19)13-16-10-4-3-9(6-11(10)21-13)20-12(17)8-2-1-5-15-7-8/h1-7H,(H2,14,18,19). The Kier molecular flexibility index (Phi) is 3.61. The van der Waals surface area contributed by atoms with Gasteiger partial charge in [-0.1, -0.05) is 0 Å². The Balaban J connectivity index is 1.91. The van der Waals surface area contributed by atoms with Crippen molar-refractivity contribution in [2.75, 3.05) is 0 Å². The number of benzene rings is 1. The quantitative estimate of drug-likeness (QED) is 0.574. The number of pyridine rings is 1. The predicted octanol–water partition coefficient (Wildman–Crippen LogP) is 1.56. The van der Waals surface area contributed by atoms with Gasteiger partial charge in [-0.3, -0.25) is 4.98 Å². The van der Waals surface area contributed by atoms with Crippen LogP contribution in [-0.2, 0) is 10.0 Å². The largest absolute Gasteiger partial charge is 0.423 e. The fourth-order valence-electron chi connectivity index (χ4n) is 1.72. The van der Waals surface area contributed by atoms with Crippen molar-refractivity contribution in [3.8, 4) is 5.75 Å². The molecule has 0 unspecified atom stereocenters. The first-order valence-electron chi connectivity index (χ1n) is 5.99. The second-order valence-electron chi connectivity index (χ2n) is 4.29. The van der Waals surface area contributed by atoms with Crippen LogP contribution in [0.1, 0.15) is 10.4 Å². The van der Waals surface area contributed by atoms with Crippen molar-refractivity contribution in [3.05, 3.63) is 48.3 Å². The number of ether oxygens (including phenoxy) is 1. The maximum Gasteiger partial charge on any atom is 0.345 e. The molecule has 1 aromatic carbocycles. The summed E-state index contributed by atoms with van der Waals surface area (Å²) < 4.78 is 28.2. The molecule has 0 spiro atoms. The van der Waals surface area contributed by atoms with E-state index in [9.17, 15) is 13.2 Å². The maximum atomic E-state index is 11.9. The number of fused-ring (bicyclic) bond motifs is 1. The van der Waals surface area contributed by atoms with E-state index in [4.69, 9.17) is 9.88 Å². The SMILES string of the molecule is NS(=O)(=O)c1nc2ccc(OC(=O)c3cccnc3)cc2s1. The number of nitrogens with two attached hydrogens (primary N) is 1. The third-order valence-electron chi connectivity index (χ3n) is 2.69. The molecule has 0 radical (unpaired) electrons. The van der Waals surface area contributed by atoms with Crippen LogP contribution in [0.15, 0.2) is 47.1 Å². The van der Waals surface area contributed by atoms with Gasteiger partial charge in [-0.05, 0) is 24.3 Å². The van der Waals surface area contributed by atoms with E-state index in [1.54, 1.807) is 24.4 Å². The first kappa shape index (κ1) is 14.6. The molecule has 9 heteroatoms. The lowest BCUT2D eigenvalue weighted by atomic mass is 10.3. The molecule has 0 aliphatic rings. The average molecular weight is 335 g/mol. The molecule has 112 valence electrons. The first-order valence-corrected chi connectivity index (χ1v) is 8.35. The summed E-state index contributed by atoms with van der Waals surface area (Å²) in [5.74, 6) is -0.269. The zero-order chi connectivity index (χ0) is 15.7. The van der Waals surface area contributed by atoms with Crippen LogP contribution >= 0.6 is 11.3 Å². The molecule has 0 aliphatic heterocycles. The summed E-state index contributed by atoms with van der Waals surface area (Å²) in [5, 5.41) is 5.04. The highest BCUT2D eigenvalue weighted by Gasteiger charge is 2.15. The number of esters is 1. The first-order chi connectivity index (χ1) is 10.4. The molecule has 0 saturated carbocycles. The fourth-order valence-corrected chi connectivity index (χ4v) is 3.40. The van der Waals surface area contributed by atoms with Crippen molar-refractivity contribution in [2.45, 2.75) is 4.34 Å². The normalized spacial score (nSPS) is 11.5. The lowest BCUT2D eigenvalue weighted by Crippen LogP contribution is -2.11. The van der Waals surface area contributed by atoms with E-state index in [0.29, 0.717) is 15.8 Å². The summed E-state index contributed by atoms with van der Waals surface area (Å²) in [5.41, 5.74) is 0.785. The monoisotopic (exact) mass is 335 g/mol. The Hall–Kier alpha value is -2.36. The summed E-state index contributed by atoms with van der Waals surface area (Å²) in [4.78, 5) is 19.7. The molecule has 2 heterocycles. The smallest absolute Gasteiger partial charge is 0.345 e. The lowest BCUT2D eigenvalue weighted by molar-refractivity contribution is 0.0734. The van der Waals surface area contributed by atoms with Crippen molar-refractivity contribution in [1.29, 1.82) is 0 Å². The second-order valence-corrected chi connectivity index (χ2v) is 7.05. The Morgan fingerprint density at radius 2 is 2.09 bits per heavy atom. The van der Waals surface area contributed by atoms with Crippen LogP contribution in [0.2, 0.25) is 0 Å². The minimum absolute atomic E-state index is 0.182. The molecule has 0 aliphatic carbocycles. The molecule has 0 bridgehead atoms. The highest BCUT2D eigenvalue weighted by Crippen LogP contribution is 2.28. The second kappa shape index (κ2) is 5.44. The number of carbonyl (C=O) groups is 1. The van der Waals surface area contributed by atoms with Crippen LogP contribution in [0.4, 0.5) is 0 Å². The third-order valence-corrected chi connectivity index (χ3v) is 5.03. The van der Waals surface area contributed by atoms with E-state index in [2.05, 4.69) is 9.97 Å². The molecule has 0 amide bonds. The number of hydrogen-bond acceptors (Lipinski definition) is 7. The number of hydrogen-bond donors (Lipinski definition) is 1. The van der Waals surface area contributed by atoms with E-state index < -0.39 is 16.0 Å². The van der Waals surface area contributed by atoms with Crippen molar-refractivity contribution >= 4 is 37.5 Å². The summed E-state index contributed by atoms with van der Waals surface area (Å²) in [7, 11) is -3.85. The number of aromatic nitrogens is 2. The molecular weight excluding hydrogens is 326 g/mol. The highest BCUT2D eigenvalue weighted by atomic mass is 32.2. The van der Waals surface area contributed by atoms with Gasteiger partial charge in [-0.2, -0.15) is 0 Å². The van der Waals surface area contributed by atoms with Gasteiger partial charge < -0.3 is 4.74 Å². The molecular formula is C13H9N3O4S2. The third kappa shape index (κ3) is 2.96. The maximum absolute atomic E-state index is 11.9. The highest BCUT2D eigenvalue weighted by molar-refractivity contribution is 7.91. The summed E-state index contributed by atoms with van der Waals surface area (Å²) in [6.07, 6.45) is 2.95. The van der Waals surface area contributed by atoms with E-state index in [-0.39, 0.29) is 10.1 Å². The molecule has 0 fully saturated rings. The summed E-state index contributed by atoms with van der Waals surface area (Å²) in [6.45, 7) is 0. The number of sulfonamides is 1. The van der Waals surface area contributed by atoms with Crippen LogP contribution in [0.5, 0.6) is 5.75 Å². The minimum Gasteiger partial charge on any atom is -0.423 e. The van der Waals surface area contributed by atoms with E-state index in [0.717, 1.165) is 11.3 Å². The molecule has 3 rings (SSSR count). The van der Waals surface area contributed by atoms with Gasteiger partial charge >= 0.3 is 5.97 Å². The molecule has 7 nitrogen and oxygen atoms in total. The number of nitrogens with zero attached hydrogens (tertiary/aromatic N) is 2. The predicted molar refractivity (Wildman–Crippen MR) is 80.2 cm³/mol. The van der Waals surface area contributed by atoms with Crippen molar-refractivity contribution in [2.24, 2.45) is 5.14 Å². The van der Waals surface area contributed by atoms with Crippen LogP contribution in [0.3, 0.4) is 0 Å². The Bertz CT molecular complexity index is 952. The van der Waals surface area contributed by atoms with Crippen molar-refractivity contribution < 1.29 is 17.9 Å². The summed E-state index contributed by atoms with van der Waals surface area (Å²) >= 11 is 0.914. The number of primary sulfonamides is 1. The molecule has 2 aromatic heterocycles. The minimum atomic E-state index is -3.85. The lowest BCUT2D eigenvalue weighted by Gasteiger charge is -2.03. The van der Waals surface area contributed by atoms with Gasteiger partial charge in [0, 0.05) is 18.5 Å². The van der Waals surface area contributed by atoms with Gasteiger partial charge in [0.15, 0.2) is 0 Å². The molecule has 0 atom stereocenters. The zero-order valence-electron chi connectivity index (χ0n) is 11.0. The van der Waals surface area contributed by atoms with E-state index in [1.165, 1.54) is 18.3 Å². The van der Waals surface area contributed by atoms with Gasteiger partial charge in [0.2, 0.25) is 4.34 Å². The van der Waals surface area contributed by atoms with Crippen LogP contribution < -0.4 is 9.88 Å². The Morgan fingerprint density at radius 1 is 1.27 bits per heavy atom. The topological polar surface area (TPSA) is 112 Å². The van der Waals surface area contributed by atoms with Gasteiger partial charge in [0.05, 0.1) is 15.8 Å². The van der Waals surface area contributed by atoms with Crippen molar-refractivity contribution in [3.63, 3.8) is 0 Å². The van der Waals surface area contributed by atoms with Crippen LogP contribution in [0, 0.1) is 0 Å². The molecule has 0 saturated heterocycles. The average Bonchev–Trinajstić information content (AvgIpc) is 2.91. The molecule has 22 heavy (non-hydrogen) atoms. The fraction of sp³-hybridized carbons (Fsp3) is 0. The van der Waals surface area contributed by atoms with Gasteiger partial charge in [0.1, 0.15) is 5.75 Å². The number of carbonyl (C=O) groups excluding carboxylic acids is 1. The van der Waals surface area contributed by atoms with E-state index >= 15 is 0 Å². The number of thiazole rings is 1. The van der Waals surface area contributed by atoms with Gasteiger partial charge in [-0.15, -0.1) is 11.3 Å². The number of rotatable bonds is 3.